The maximum Gasteiger partial charge on any atom is -0.000729 e. The van der Waals surface area contributed by atoms with Gasteiger partial charge in [0, 0.05) is 0 Å². The molecule has 108 heavy (non-hydrogen) atoms. The summed E-state index contributed by atoms with van der Waals surface area (Å²) in [6.45, 7) is 16.0. The highest BCUT2D eigenvalue weighted by molar-refractivity contribution is 5.89. The van der Waals surface area contributed by atoms with E-state index in [0.717, 1.165) is 25.7 Å². The molecule has 16 aromatic carbocycles. The normalized spacial score (nSPS) is 11.2. The van der Waals surface area contributed by atoms with Crippen molar-refractivity contribution in [2.24, 2.45) is 0 Å². The van der Waals surface area contributed by atoms with E-state index in [1.807, 2.05) is 55.4 Å². The molecule has 0 fully saturated rings. The lowest BCUT2D eigenvalue weighted by Crippen LogP contribution is -1.88. The highest BCUT2D eigenvalue weighted by Gasteiger charge is 2.24. The van der Waals surface area contributed by atoms with Crippen molar-refractivity contribution in [2.45, 2.75) is 81.1 Å². The van der Waals surface area contributed by atoms with E-state index in [1.165, 1.54) is 178 Å². The first-order valence-corrected chi connectivity index (χ1v) is 39.0. The van der Waals surface area contributed by atoms with Crippen molar-refractivity contribution in [1.82, 2.24) is 0 Å². The van der Waals surface area contributed by atoms with E-state index in [0.29, 0.717) is 0 Å². The second-order valence-corrected chi connectivity index (χ2v) is 26.5. The van der Waals surface area contributed by atoms with Crippen molar-refractivity contribution in [1.29, 1.82) is 0 Å². The minimum Gasteiger partial charge on any atom is -0.0683 e. The lowest BCUT2D eigenvalue weighted by molar-refractivity contribution is 1.26. The molecule has 0 amide bonds. The van der Waals surface area contributed by atoms with Crippen molar-refractivity contribution in [3.05, 3.63) is 433 Å². The summed E-state index contributed by atoms with van der Waals surface area (Å²) in [6.07, 6.45) is 4.16. The molecular weight excluding hydrogens is 1300 g/mol. The van der Waals surface area contributed by atoms with E-state index in [9.17, 15) is 0 Å². The molecule has 0 spiro atoms. The summed E-state index contributed by atoms with van der Waals surface area (Å²) in [5.41, 5.74) is 43.2. The number of rotatable bonds is 8. The van der Waals surface area contributed by atoms with Crippen LogP contribution in [0.25, 0.3) is 134 Å². The Kier molecular flexibility index (Phi) is 24.6. The van der Waals surface area contributed by atoms with Crippen LogP contribution in [-0.2, 0) is 25.7 Å². The molecule has 0 saturated carbocycles. The van der Waals surface area contributed by atoms with Gasteiger partial charge in [-0.1, -0.05) is 419 Å². The SMILES string of the molecule is CC.CC.CC.CC.c1ccc(-c2ccc(-c3ccc4c(c3)-c3ccccc3C4)cc2)cc1.c1ccc(-c2ccc(-c3cccc4c3Cc3ccccc3-4)cc2)cc1.c1ccc(-c2cccc(-c3ccc4c(c3)-c3ccccc3C4)c2)cc1.c1ccc(-c2cccc(-c3cccc4c3Cc3ccccc3-4)c2)cc1. The van der Waals surface area contributed by atoms with Gasteiger partial charge in [0.05, 0.1) is 0 Å². The molecule has 0 saturated heterocycles. The minimum atomic E-state index is 1.03. The number of hydrogen-bond acceptors (Lipinski definition) is 0. The molecule has 528 valence electrons. The molecule has 0 atom stereocenters. The van der Waals surface area contributed by atoms with E-state index < -0.39 is 0 Å². The van der Waals surface area contributed by atoms with E-state index in [-0.39, 0.29) is 0 Å². The van der Waals surface area contributed by atoms with Gasteiger partial charge in [0.15, 0.2) is 0 Å². The molecular formula is C108H96. The van der Waals surface area contributed by atoms with Gasteiger partial charge in [-0.25, -0.2) is 0 Å². The van der Waals surface area contributed by atoms with Gasteiger partial charge in [0.1, 0.15) is 0 Å². The topological polar surface area (TPSA) is 0 Å². The van der Waals surface area contributed by atoms with Crippen molar-refractivity contribution < 1.29 is 0 Å². The van der Waals surface area contributed by atoms with Crippen LogP contribution < -0.4 is 0 Å². The van der Waals surface area contributed by atoms with Crippen LogP contribution in [0.4, 0.5) is 0 Å². The van der Waals surface area contributed by atoms with E-state index in [2.05, 4.69) is 388 Å². The zero-order chi connectivity index (χ0) is 74.6. The Morgan fingerprint density at radius 3 is 0.713 bits per heavy atom. The first-order valence-electron chi connectivity index (χ1n) is 39.0. The van der Waals surface area contributed by atoms with Gasteiger partial charge in [-0.2, -0.15) is 0 Å². The smallest absolute Gasteiger partial charge is 0.000729 e. The first-order chi connectivity index (χ1) is 53.6. The second-order valence-electron chi connectivity index (χ2n) is 26.5. The van der Waals surface area contributed by atoms with Crippen LogP contribution in [0, 0.1) is 0 Å². The van der Waals surface area contributed by atoms with Gasteiger partial charge in [-0.15, -0.1) is 0 Å². The fourth-order valence-corrected chi connectivity index (χ4v) is 15.4. The molecule has 0 radical (unpaired) electrons. The third kappa shape index (κ3) is 16.3. The Bertz CT molecular complexity index is 5590. The van der Waals surface area contributed by atoms with E-state index in [4.69, 9.17) is 0 Å². The molecule has 4 aliphatic carbocycles. The summed E-state index contributed by atoms with van der Waals surface area (Å²) in [5.74, 6) is 0. The Hall–Kier alpha value is -12.5. The third-order valence-corrected chi connectivity index (χ3v) is 20.5. The molecule has 0 aliphatic heterocycles. The lowest BCUT2D eigenvalue weighted by atomic mass is 9.93. The molecule has 0 heterocycles. The average molecular weight is 1390 g/mol. The van der Waals surface area contributed by atoms with Crippen LogP contribution in [0.1, 0.15) is 99.9 Å². The predicted octanol–water partition coefficient (Wildman–Crippen LogP) is 30.5. The molecule has 16 aromatic rings. The third-order valence-electron chi connectivity index (χ3n) is 20.5. The summed E-state index contributed by atoms with van der Waals surface area (Å²) in [4.78, 5) is 0. The molecule has 0 heteroatoms. The number of fused-ring (bicyclic) bond motifs is 12. The van der Waals surface area contributed by atoms with Gasteiger partial charge >= 0.3 is 0 Å². The standard InChI is InChI=1S/4C25H18.4C2H6/c1-2-8-18(9-3-1)19-11-6-12-20(16-19)23-14-7-15-24-22-13-5-4-10-21(22)17-25(23)24;1-2-7-18(8-3-1)19-10-6-11-20(15-19)21-13-14-23-16-22-9-4-5-12-24(22)25(23)17-21;1-2-7-18(8-3-1)19-13-15-20(16-14-19)22-11-6-12-24-23-10-5-4-9-21(23)17-25(22)24;1-2-6-18(7-3-1)19-10-12-20(13-11-19)21-14-15-23-16-22-8-4-5-9-24(22)25(23)17-21;4*1-2/h1-16H,17H2;1-15,17H,16H2;1-16H,17H2;1-15,17H,16H2;4*1-2H3. The molecule has 0 bridgehead atoms. The quantitative estimate of drug-likeness (QED) is 0.142. The molecule has 0 N–H and O–H groups in total. The van der Waals surface area contributed by atoms with Gasteiger partial charge in [0.2, 0.25) is 0 Å². The van der Waals surface area contributed by atoms with Crippen molar-refractivity contribution in [3.8, 4) is 134 Å². The Morgan fingerprint density at radius 1 is 0.120 bits per heavy atom. The van der Waals surface area contributed by atoms with Crippen LogP contribution in [0.5, 0.6) is 0 Å². The van der Waals surface area contributed by atoms with Crippen LogP contribution in [0.3, 0.4) is 0 Å². The fourth-order valence-electron chi connectivity index (χ4n) is 15.4. The maximum absolute atomic E-state index is 2.35. The summed E-state index contributed by atoms with van der Waals surface area (Å²) >= 11 is 0. The van der Waals surface area contributed by atoms with Crippen molar-refractivity contribution in [2.75, 3.05) is 0 Å². The number of benzene rings is 16. The summed E-state index contributed by atoms with van der Waals surface area (Å²) < 4.78 is 0. The van der Waals surface area contributed by atoms with Gasteiger partial charge in [-0.05, 0) is 228 Å². The van der Waals surface area contributed by atoms with Crippen LogP contribution >= 0.6 is 0 Å². The fraction of sp³-hybridized carbons (Fsp3) is 0.111. The Morgan fingerprint density at radius 2 is 0.324 bits per heavy atom. The molecule has 0 unspecified atom stereocenters. The number of hydrogen-bond donors (Lipinski definition) is 0. The van der Waals surface area contributed by atoms with E-state index in [1.54, 1.807) is 0 Å². The molecule has 4 aliphatic rings. The van der Waals surface area contributed by atoms with Crippen LogP contribution in [0.15, 0.2) is 388 Å². The molecule has 0 aromatic heterocycles. The second kappa shape index (κ2) is 36.0. The molecule has 20 rings (SSSR count). The monoisotopic (exact) mass is 1390 g/mol. The first kappa shape index (κ1) is 73.8. The Labute approximate surface area is 643 Å². The van der Waals surface area contributed by atoms with Crippen LogP contribution in [-0.4, -0.2) is 0 Å². The largest absolute Gasteiger partial charge is 0.0683 e. The van der Waals surface area contributed by atoms with Gasteiger partial charge in [0.25, 0.3) is 0 Å². The van der Waals surface area contributed by atoms with E-state index >= 15 is 0 Å². The molecule has 0 nitrogen and oxygen atoms in total. The Balaban J connectivity index is 0.000000123. The lowest BCUT2D eigenvalue weighted by Gasteiger charge is -2.11. The summed E-state index contributed by atoms with van der Waals surface area (Å²) in [5, 5.41) is 0. The van der Waals surface area contributed by atoms with Gasteiger partial charge < -0.3 is 0 Å². The summed E-state index contributed by atoms with van der Waals surface area (Å²) in [6, 6.07) is 140. The van der Waals surface area contributed by atoms with Gasteiger partial charge in [-0.3, -0.25) is 0 Å². The minimum absolute atomic E-state index is 1.03. The summed E-state index contributed by atoms with van der Waals surface area (Å²) in [7, 11) is 0. The zero-order valence-electron chi connectivity index (χ0n) is 63.8. The highest BCUT2D eigenvalue weighted by atomic mass is 14.3. The average Bonchev–Trinajstić information content (AvgIpc) is 1.63. The highest BCUT2D eigenvalue weighted by Crippen LogP contribution is 2.45. The van der Waals surface area contributed by atoms with Crippen molar-refractivity contribution in [3.63, 3.8) is 0 Å². The maximum atomic E-state index is 2.35. The predicted molar refractivity (Wildman–Crippen MR) is 468 cm³/mol. The van der Waals surface area contributed by atoms with Crippen molar-refractivity contribution >= 4 is 0 Å². The zero-order valence-corrected chi connectivity index (χ0v) is 63.8. The van der Waals surface area contributed by atoms with Crippen LogP contribution in [0.2, 0.25) is 0 Å².